The van der Waals surface area contributed by atoms with Crippen molar-refractivity contribution in [2.24, 2.45) is 17.8 Å². The maximum atomic E-state index is 4.05. The normalized spacial score (nSPS) is 37.3. The lowest BCUT2D eigenvalue weighted by Crippen LogP contribution is -2.44. The molecule has 4 atom stereocenters. The minimum absolute atomic E-state index is 0.810. The molecule has 0 aliphatic heterocycles. The second-order valence-electron chi connectivity index (χ2n) is 7.75. The summed E-state index contributed by atoms with van der Waals surface area (Å²) in [4.78, 5) is 0. The summed E-state index contributed by atoms with van der Waals surface area (Å²) in [5, 5.41) is 4.05. The van der Waals surface area contributed by atoms with Crippen LogP contribution in [0.1, 0.15) is 85.0 Å². The van der Waals surface area contributed by atoms with E-state index in [1.165, 1.54) is 64.2 Å². The zero-order valence-electron chi connectivity index (χ0n) is 13.5. The third-order valence-corrected chi connectivity index (χ3v) is 5.40. The van der Waals surface area contributed by atoms with Gasteiger partial charge in [-0.3, -0.25) is 0 Å². The Morgan fingerprint density at radius 2 is 1.74 bits per heavy atom. The Morgan fingerprint density at radius 3 is 2.53 bits per heavy atom. The zero-order chi connectivity index (χ0) is 13.7. The first kappa shape index (κ1) is 15.4. The summed E-state index contributed by atoms with van der Waals surface area (Å²) in [5.41, 5.74) is 0. The van der Waals surface area contributed by atoms with Crippen molar-refractivity contribution in [2.75, 3.05) is 0 Å². The largest absolute Gasteiger partial charge is 0.311 e. The SMILES string of the molecule is CC(C)CC1CCCC(NC2CCCCCC2C)C1. The van der Waals surface area contributed by atoms with Crippen LogP contribution in [0, 0.1) is 17.8 Å². The average Bonchev–Trinajstić information content (AvgIpc) is 2.55. The highest BCUT2D eigenvalue weighted by Gasteiger charge is 2.27. The molecule has 0 saturated heterocycles. The summed E-state index contributed by atoms with van der Waals surface area (Å²) in [6.45, 7) is 7.23. The van der Waals surface area contributed by atoms with Crippen molar-refractivity contribution in [3.8, 4) is 0 Å². The van der Waals surface area contributed by atoms with Gasteiger partial charge in [0.15, 0.2) is 0 Å². The molecule has 2 aliphatic carbocycles. The van der Waals surface area contributed by atoms with Crippen LogP contribution in [0.2, 0.25) is 0 Å². The maximum Gasteiger partial charge on any atom is 0.00952 e. The van der Waals surface area contributed by atoms with Crippen LogP contribution in [0.3, 0.4) is 0 Å². The van der Waals surface area contributed by atoms with Crippen LogP contribution in [0.5, 0.6) is 0 Å². The van der Waals surface area contributed by atoms with Gasteiger partial charge in [0.05, 0.1) is 0 Å². The second kappa shape index (κ2) is 7.67. The van der Waals surface area contributed by atoms with Crippen molar-refractivity contribution in [3.05, 3.63) is 0 Å². The lowest BCUT2D eigenvalue weighted by atomic mass is 9.80. The van der Waals surface area contributed by atoms with E-state index >= 15 is 0 Å². The van der Waals surface area contributed by atoms with Gasteiger partial charge >= 0.3 is 0 Å². The van der Waals surface area contributed by atoms with Crippen molar-refractivity contribution in [1.29, 1.82) is 0 Å². The molecular formula is C18H35N. The lowest BCUT2D eigenvalue weighted by Gasteiger charge is -2.35. The molecule has 0 bridgehead atoms. The summed E-state index contributed by atoms with van der Waals surface area (Å²) < 4.78 is 0. The van der Waals surface area contributed by atoms with Crippen LogP contribution in [-0.2, 0) is 0 Å². The fraction of sp³-hybridized carbons (Fsp3) is 1.00. The highest BCUT2D eigenvalue weighted by atomic mass is 15.0. The summed E-state index contributed by atoms with van der Waals surface area (Å²) >= 11 is 0. The average molecular weight is 265 g/mol. The Kier molecular flexibility index (Phi) is 6.19. The highest BCUT2D eigenvalue weighted by molar-refractivity contribution is 4.84. The van der Waals surface area contributed by atoms with Crippen molar-refractivity contribution in [2.45, 2.75) is 97.1 Å². The molecule has 2 saturated carbocycles. The lowest BCUT2D eigenvalue weighted by molar-refractivity contribution is 0.219. The number of hydrogen-bond donors (Lipinski definition) is 1. The maximum absolute atomic E-state index is 4.05. The fourth-order valence-corrected chi connectivity index (χ4v) is 4.37. The van der Waals surface area contributed by atoms with E-state index in [9.17, 15) is 0 Å². The van der Waals surface area contributed by atoms with E-state index in [0.717, 1.165) is 29.8 Å². The Bertz CT molecular complexity index is 248. The molecule has 1 N–H and O–H groups in total. The Hall–Kier alpha value is -0.0400. The molecule has 0 aromatic carbocycles. The molecule has 2 fully saturated rings. The number of hydrogen-bond acceptors (Lipinski definition) is 1. The highest BCUT2D eigenvalue weighted by Crippen LogP contribution is 2.31. The monoisotopic (exact) mass is 265 g/mol. The minimum atomic E-state index is 0.810. The quantitative estimate of drug-likeness (QED) is 0.693. The van der Waals surface area contributed by atoms with Crippen molar-refractivity contribution >= 4 is 0 Å². The first-order valence-corrected chi connectivity index (χ1v) is 8.91. The summed E-state index contributed by atoms with van der Waals surface area (Å²) in [7, 11) is 0. The smallest absolute Gasteiger partial charge is 0.00952 e. The van der Waals surface area contributed by atoms with E-state index in [-0.39, 0.29) is 0 Å². The molecule has 0 heterocycles. The molecule has 112 valence electrons. The van der Waals surface area contributed by atoms with Gasteiger partial charge in [0.25, 0.3) is 0 Å². The molecule has 0 aromatic rings. The molecule has 2 rings (SSSR count). The van der Waals surface area contributed by atoms with Crippen LogP contribution in [0.25, 0.3) is 0 Å². The van der Waals surface area contributed by atoms with E-state index in [2.05, 4.69) is 26.1 Å². The van der Waals surface area contributed by atoms with E-state index in [4.69, 9.17) is 0 Å². The molecule has 19 heavy (non-hydrogen) atoms. The number of rotatable bonds is 4. The van der Waals surface area contributed by atoms with Crippen LogP contribution >= 0.6 is 0 Å². The molecular weight excluding hydrogens is 230 g/mol. The minimum Gasteiger partial charge on any atom is -0.311 e. The third-order valence-electron chi connectivity index (χ3n) is 5.40. The second-order valence-corrected chi connectivity index (χ2v) is 7.75. The van der Waals surface area contributed by atoms with Gasteiger partial charge in [-0.2, -0.15) is 0 Å². The van der Waals surface area contributed by atoms with Crippen LogP contribution in [0.15, 0.2) is 0 Å². The first-order valence-electron chi connectivity index (χ1n) is 8.91. The standard InChI is InChI=1S/C18H35N/c1-14(2)12-16-9-7-10-17(13-16)19-18-11-6-4-5-8-15(18)3/h14-19H,4-13H2,1-3H3. The topological polar surface area (TPSA) is 12.0 Å². The molecule has 0 spiro atoms. The van der Waals surface area contributed by atoms with Gasteiger partial charge in [-0.25, -0.2) is 0 Å². The molecule has 0 radical (unpaired) electrons. The van der Waals surface area contributed by atoms with E-state index in [0.29, 0.717) is 0 Å². The summed E-state index contributed by atoms with van der Waals surface area (Å²) in [6.07, 6.45) is 14.5. The Morgan fingerprint density at radius 1 is 0.947 bits per heavy atom. The summed E-state index contributed by atoms with van der Waals surface area (Å²) in [5.74, 6) is 2.76. The molecule has 2 aliphatic rings. The molecule has 1 nitrogen and oxygen atoms in total. The van der Waals surface area contributed by atoms with E-state index < -0.39 is 0 Å². The van der Waals surface area contributed by atoms with E-state index in [1.54, 1.807) is 0 Å². The van der Waals surface area contributed by atoms with Crippen LogP contribution in [-0.4, -0.2) is 12.1 Å². The van der Waals surface area contributed by atoms with Gasteiger partial charge in [0.2, 0.25) is 0 Å². The fourth-order valence-electron chi connectivity index (χ4n) is 4.37. The molecule has 0 aromatic heterocycles. The first-order chi connectivity index (χ1) is 9.15. The molecule has 0 amide bonds. The van der Waals surface area contributed by atoms with Crippen molar-refractivity contribution < 1.29 is 0 Å². The van der Waals surface area contributed by atoms with Crippen molar-refractivity contribution in [1.82, 2.24) is 5.32 Å². The Balaban J connectivity index is 1.80. The van der Waals surface area contributed by atoms with Crippen LogP contribution in [0.4, 0.5) is 0 Å². The van der Waals surface area contributed by atoms with Gasteiger partial charge in [-0.1, -0.05) is 52.9 Å². The van der Waals surface area contributed by atoms with Gasteiger partial charge in [0.1, 0.15) is 0 Å². The van der Waals surface area contributed by atoms with Crippen molar-refractivity contribution in [3.63, 3.8) is 0 Å². The number of nitrogens with one attached hydrogen (secondary N) is 1. The van der Waals surface area contributed by atoms with Gasteiger partial charge in [-0.15, -0.1) is 0 Å². The summed E-state index contributed by atoms with van der Waals surface area (Å²) in [6, 6.07) is 1.63. The van der Waals surface area contributed by atoms with Gasteiger partial charge in [0, 0.05) is 12.1 Å². The predicted molar refractivity (Wildman–Crippen MR) is 84.4 cm³/mol. The zero-order valence-corrected chi connectivity index (χ0v) is 13.5. The van der Waals surface area contributed by atoms with Gasteiger partial charge < -0.3 is 5.32 Å². The van der Waals surface area contributed by atoms with Gasteiger partial charge in [-0.05, 0) is 49.9 Å². The third kappa shape index (κ3) is 5.10. The van der Waals surface area contributed by atoms with Crippen LogP contribution < -0.4 is 5.32 Å². The molecule has 4 unspecified atom stereocenters. The molecule has 1 heteroatoms. The predicted octanol–water partition coefficient (Wildman–Crippen LogP) is 5.15. The van der Waals surface area contributed by atoms with E-state index in [1.807, 2.05) is 0 Å². The Labute approximate surface area is 120 Å².